The molecule has 5 heteroatoms. The molecule has 0 aliphatic carbocycles. The normalized spacial score (nSPS) is 12.3. The van der Waals surface area contributed by atoms with Crippen LogP contribution in [0.25, 0.3) is 10.9 Å². The Bertz CT molecular complexity index is 622. The number of aromatic nitrogens is 1. The smallest absolute Gasteiger partial charge is 0.180 e. The zero-order chi connectivity index (χ0) is 14.2. The first-order valence-corrected chi connectivity index (χ1v) is 7.63. The predicted octanol–water partition coefficient (Wildman–Crippen LogP) is 3.42. The van der Waals surface area contributed by atoms with Crippen LogP contribution in [-0.4, -0.2) is 22.1 Å². The molecule has 0 saturated heterocycles. The van der Waals surface area contributed by atoms with Gasteiger partial charge in [-0.15, -0.1) is 5.10 Å². The highest BCUT2D eigenvalue weighted by Gasteiger charge is 1.95. The molecule has 1 heterocycles. The molecular weight excluding hydrogens is 268 g/mol. The summed E-state index contributed by atoms with van der Waals surface area (Å²) in [4.78, 5) is 4.48. The van der Waals surface area contributed by atoms with Gasteiger partial charge in [-0.25, -0.2) is 4.98 Å². The first kappa shape index (κ1) is 14.5. The van der Waals surface area contributed by atoms with Crippen molar-refractivity contribution in [2.24, 2.45) is 15.9 Å². The molecule has 0 aliphatic heterocycles. The highest BCUT2D eigenvalue weighted by atomic mass is 32.2. The SMILES string of the molecule is CCCCS/C(N)=N/N=C/c1ccc2ccccc2n1. The van der Waals surface area contributed by atoms with Crippen LogP contribution in [0.1, 0.15) is 25.5 Å². The fraction of sp³-hybridized carbons (Fsp3) is 0.267. The van der Waals surface area contributed by atoms with Gasteiger partial charge >= 0.3 is 0 Å². The van der Waals surface area contributed by atoms with E-state index >= 15 is 0 Å². The third-order valence-electron chi connectivity index (χ3n) is 2.71. The summed E-state index contributed by atoms with van der Waals surface area (Å²) in [6.45, 7) is 2.15. The molecule has 0 spiro atoms. The van der Waals surface area contributed by atoms with Crippen molar-refractivity contribution in [3.8, 4) is 0 Å². The van der Waals surface area contributed by atoms with Crippen molar-refractivity contribution >= 4 is 34.0 Å². The van der Waals surface area contributed by atoms with E-state index in [0.29, 0.717) is 5.17 Å². The highest BCUT2D eigenvalue weighted by molar-refractivity contribution is 8.13. The molecule has 0 amide bonds. The molecule has 0 radical (unpaired) electrons. The summed E-state index contributed by atoms with van der Waals surface area (Å²) in [7, 11) is 0. The van der Waals surface area contributed by atoms with Crippen LogP contribution in [0.4, 0.5) is 0 Å². The number of rotatable bonds is 5. The summed E-state index contributed by atoms with van der Waals surface area (Å²) >= 11 is 1.53. The molecule has 0 saturated carbocycles. The monoisotopic (exact) mass is 286 g/mol. The van der Waals surface area contributed by atoms with Crippen LogP contribution in [0.2, 0.25) is 0 Å². The molecule has 2 N–H and O–H groups in total. The van der Waals surface area contributed by atoms with Gasteiger partial charge in [0.1, 0.15) is 0 Å². The molecule has 20 heavy (non-hydrogen) atoms. The van der Waals surface area contributed by atoms with Crippen molar-refractivity contribution in [1.29, 1.82) is 0 Å². The number of para-hydroxylation sites is 1. The van der Waals surface area contributed by atoms with Gasteiger partial charge in [0.15, 0.2) is 5.17 Å². The molecule has 1 aromatic carbocycles. The number of benzene rings is 1. The molecule has 0 aliphatic rings. The summed E-state index contributed by atoms with van der Waals surface area (Å²) in [6, 6.07) is 11.9. The van der Waals surface area contributed by atoms with E-state index in [1.165, 1.54) is 11.8 Å². The van der Waals surface area contributed by atoms with Crippen LogP contribution >= 0.6 is 11.8 Å². The van der Waals surface area contributed by atoms with Crippen LogP contribution < -0.4 is 5.73 Å². The predicted molar refractivity (Wildman–Crippen MR) is 88.3 cm³/mol. The molecule has 2 rings (SSSR count). The van der Waals surface area contributed by atoms with Gasteiger partial charge in [-0.05, 0) is 18.6 Å². The number of hydrogen-bond donors (Lipinski definition) is 1. The Balaban J connectivity index is 2.00. The van der Waals surface area contributed by atoms with Crippen LogP contribution in [0.15, 0.2) is 46.6 Å². The zero-order valence-corrected chi connectivity index (χ0v) is 12.3. The third-order valence-corrected chi connectivity index (χ3v) is 3.58. The number of pyridine rings is 1. The summed E-state index contributed by atoms with van der Waals surface area (Å²) in [6.07, 6.45) is 3.92. The van der Waals surface area contributed by atoms with Gasteiger partial charge in [0.05, 0.1) is 17.4 Å². The molecule has 0 bridgehead atoms. The highest BCUT2D eigenvalue weighted by Crippen LogP contribution is 2.10. The average molecular weight is 286 g/mol. The van der Waals surface area contributed by atoms with Crippen molar-refractivity contribution in [2.75, 3.05) is 5.75 Å². The summed E-state index contributed by atoms with van der Waals surface area (Å²) in [5.41, 5.74) is 7.47. The number of hydrogen-bond acceptors (Lipinski definition) is 4. The lowest BCUT2D eigenvalue weighted by Crippen LogP contribution is -2.06. The van der Waals surface area contributed by atoms with Gasteiger partial charge in [-0.3, -0.25) is 0 Å². The quantitative estimate of drug-likeness (QED) is 0.396. The van der Waals surface area contributed by atoms with Gasteiger partial charge in [0.25, 0.3) is 0 Å². The van der Waals surface area contributed by atoms with E-state index < -0.39 is 0 Å². The Morgan fingerprint density at radius 1 is 1.30 bits per heavy atom. The Morgan fingerprint density at radius 2 is 2.15 bits per heavy atom. The number of amidine groups is 1. The van der Waals surface area contributed by atoms with Gasteiger partial charge in [-0.2, -0.15) is 5.10 Å². The first-order chi connectivity index (χ1) is 9.79. The van der Waals surface area contributed by atoms with Crippen molar-refractivity contribution < 1.29 is 0 Å². The summed E-state index contributed by atoms with van der Waals surface area (Å²) in [5.74, 6) is 0.982. The van der Waals surface area contributed by atoms with Crippen LogP contribution in [-0.2, 0) is 0 Å². The minimum atomic E-state index is 0.496. The average Bonchev–Trinajstić information content (AvgIpc) is 2.47. The number of unbranched alkanes of at least 4 members (excludes halogenated alkanes) is 1. The van der Waals surface area contributed by atoms with E-state index in [9.17, 15) is 0 Å². The maximum absolute atomic E-state index is 5.75. The van der Waals surface area contributed by atoms with Gasteiger partial charge in [-0.1, -0.05) is 49.4 Å². The minimum absolute atomic E-state index is 0.496. The topological polar surface area (TPSA) is 63.6 Å². The Morgan fingerprint density at radius 3 is 3.00 bits per heavy atom. The van der Waals surface area contributed by atoms with Gasteiger partial charge in [0, 0.05) is 11.1 Å². The fourth-order valence-electron chi connectivity index (χ4n) is 1.65. The van der Waals surface area contributed by atoms with E-state index in [1.54, 1.807) is 6.21 Å². The first-order valence-electron chi connectivity index (χ1n) is 6.64. The van der Waals surface area contributed by atoms with Gasteiger partial charge in [0.2, 0.25) is 0 Å². The van der Waals surface area contributed by atoms with Crippen molar-refractivity contribution in [3.05, 3.63) is 42.1 Å². The van der Waals surface area contributed by atoms with E-state index in [-0.39, 0.29) is 0 Å². The number of nitrogens with two attached hydrogens (primary N) is 1. The molecule has 0 fully saturated rings. The maximum atomic E-state index is 5.75. The minimum Gasteiger partial charge on any atom is -0.377 e. The molecule has 104 valence electrons. The zero-order valence-electron chi connectivity index (χ0n) is 11.5. The standard InChI is InChI=1S/C15H18N4S/c1-2-3-10-20-15(16)19-17-11-13-9-8-12-6-4-5-7-14(12)18-13/h4-9,11H,2-3,10H2,1H3,(H2,16,19)/b17-11+. The van der Waals surface area contributed by atoms with Crippen LogP contribution in [0.3, 0.4) is 0 Å². The second-order valence-electron chi connectivity index (χ2n) is 4.31. The molecule has 0 unspecified atom stereocenters. The second kappa shape index (κ2) is 7.65. The van der Waals surface area contributed by atoms with Crippen LogP contribution in [0, 0.1) is 0 Å². The Hall–Kier alpha value is -1.88. The molecular formula is C15H18N4S. The van der Waals surface area contributed by atoms with E-state index in [1.807, 2.05) is 36.4 Å². The van der Waals surface area contributed by atoms with E-state index in [0.717, 1.165) is 35.2 Å². The molecule has 0 atom stereocenters. The molecule has 4 nitrogen and oxygen atoms in total. The molecule has 1 aromatic heterocycles. The maximum Gasteiger partial charge on any atom is 0.180 e. The third kappa shape index (κ3) is 4.35. The Labute approximate surface area is 123 Å². The van der Waals surface area contributed by atoms with Gasteiger partial charge < -0.3 is 5.73 Å². The molecule has 2 aromatic rings. The number of nitrogens with zero attached hydrogens (tertiary/aromatic N) is 3. The number of thioether (sulfide) groups is 1. The lowest BCUT2D eigenvalue weighted by atomic mass is 10.2. The van der Waals surface area contributed by atoms with Crippen LogP contribution in [0.5, 0.6) is 0 Å². The van der Waals surface area contributed by atoms with Crippen molar-refractivity contribution in [1.82, 2.24) is 4.98 Å². The van der Waals surface area contributed by atoms with E-state index in [2.05, 4.69) is 22.1 Å². The number of fused-ring (bicyclic) bond motifs is 1. The van der Waals surface area contributed by atoms with Crippen molar-refractivity contribution in [2.45, 2.75) is 19.8 Å². The fourth-order valence-corrected chi connectivity index (χ4v) is 2.40. The second-order valence-corrected chi connectivity index (χ2v) is 5.43. The summed E-state index contributed by atoms with van der Waals surface area (Å²) < 4.78 is 0. The van der Waals surface area contributed by atoms with E-state index in [4.69, 9.17) is 5.73 Å². The summed E-state index contributed by atoms with van der Waals surface area (Å²) in [5, 5.41) is 9.55. The largest absolute Gasteiger partial charge is 0.377 e. The Kier molecular flexibility index (Phi) is 5.55. The van der Waals surface area contributed by atoms with Crippen molar-refractivity contribution in [3.63, 3.8) is 0 Å². The lowest BCUT2D eigenvalue weighted by molar-refractivity contribution is 0.898. The lowest BCUT2D eigenvalue weighted by Gasteiger charge is -1.98.